The predicted octanol–water partition coefficient (Wildman–Crippen LogP) is 2.57. The molecular weight excluding hydrogens is 262 g/mol. The number of carbonyl (C=O) groups is 1. The van der Waals surface area contributed by atoms with Gasteiger partial charge >= 0.3 is 0 Å². The third kappa shape index (κ3) is 2.84. The minimum absolute atomic E-state index is 0.176. The minimum Gasteiger partial charge on any atom is -0.363 e. The van der Waals surface area contributed by atoms with Gasteiger partial charge in [-0.2, -0.15) is 0 Å². The summed E-state index contributed by atoms with van der Waals surface area (Å²) in [5, 5.41) is 4.17. The lowest BCUT2D eigenvalue weighted by Gasteiger charge is -2.15. The molecule has 1 aliphatic carbocycles. The molecule has 0 radical (unpaired) electrons. The lowest BCUT2D eigenvalue weighted by Crippen LogP contribution is -2.25. The molecule has 0 saturated heterocycles. The van der Waals surface area contributed by atoms with Crippen molar-refractivity contribution < 1.29 is 4.79 Å². The van der Waals surface area contributed by atoms with Crippen LogP contribution in [0, 0.1) is 11.8 Å². The summed E-state index contributed by atoms with van der Waals surface area (Å²) in [6.07, 6.45) is 1.02. The fraction of sp³-hybridized carbons (Fsp3) is 0.412. The van der Waals surface area contributed by atoms with Crippen LogP contribution in [0.15, 0.2) is 30.3 Å². The average Bonchev–Trinajstić information content (AvgIpc) is 3.21. The summed E-state index contributed by atoms with van der Waals surface area (Å²) in [6, 6.07) is 10.1. The van der Waals surface area contributed by atoms with Crippen molar-refractivity contribution in [3.8, 4) is 0 Å². The fourth-order valence-corrected chi connectivity index (χ4v) is 2.61. The molecule has 4 heteroatoms. The number of hydrogen-bond donors (Lipinski definition) is 1. The van der Waals surface area contributed by atoms with E-state index in [1.165, 1.54) is 0 Å². The zero-order chi connectivity index (χ0) is 15.0. The summed E-state index contributed by atoms with van der Waals surface area (Å²) in [4.78, 5) is 18.6. The van der Waals surface area contributed by atoms with Gasteiger partial charge in [0.1, 0.15) is 5.82 Å². The quantitative estimate of drug-likeness (QED) is 0.938. The van der Waals surface area contributed by atoms with Crippen LogP contribution < -0.4 is 10.2 Å². The molecule has 110 valence electrons. The first-order valence-corrected chi connectivity index (χ1v) is 7.40. The summed E-state index contributed by atoms with van der Waals surface area (Å²) in [6.45, 7) is 2.68. The third-order valence-electron chi connectivity index (χ3n) is 4.15. The summed E-state index contributed by atoms with van der Waals surface area (Å²) >= 11 is 0. The van der Waals surface area contributed by atoms with E-state index in [4.69, 9.17) is 0 Å². The first-order valence-electron chi connectivity index (χ1n) is 7.40. The molecule has 1 N–H and O–H groups in total. The highest BCUT2D eigenvalue weighted by molar-refractivity contribution is 5.85. The third-order valence-corrected chi connectivity index (χ3v) is 4.15. The first kappa shape index (κ1) is 13.9. The highest BCUT2D eigenvalue weighted by atomic mass is 16.2. The Morgan fingerprint density at radius 3 is 2.76 bits per heavy atom. The number of nitrogens with one attached hydrogen (secondary N) is 1. The van der Waals surface area contributed by atoms with E-state index >= 15 is 0 Å². The Hall–Kier alpha value is -2.10. The SMILES string of the molecule is C[C@H]1C[C@H]1C(=O)NCc1cc(N(C)C)nc2ccccc12. The number of pyridine rings is 1. The lowest BCUT2D eigenvalue weighted by molar-refractivity contribution is -0.122. The van der Waals surface area contributed by atoms with Crippen molar-refractivity contribution >= 4 is 22.6 Å². The van der Waals surface area contributed by atoms with Crippen LogP contribution >= 0.6 is 0 Å². The van der Waals surface area contributed by atoms with Crippen molar-refractivity contribution in [1.82, 2.24) is 10.3 Å². The summed E-state index contributed by atoms with van der Waals surface area (Å²) in [5.41, 5.74) is 2.08. The molecule has 4 nitrogen and oxygen atoms in total. The van der Waals surface area contributed by atoms with Crippen LogP contribution in [0.5, 0.6) is 0 Å². The zero-order valence-corrected chi connectivity index (χ0v) is 12.8. The van der Waals surface area contributed by atoms with E-state index in [1.807, 2.05) is 37.2 Å². The van der Waals surface area contributed by atoms with Gasteiger partial charge in [-0.1, -0.05) is 25.1 Å². The molecule has 1 saturated carbocycles. The Morgan fingerprint density at radius 2 is 2.10 bits per heavy atom. The average molecular weight is 283 g/mol. The molecule has 1 aliphatic rings. The smallest absolute Gasteiger partial charge is 0.223 e. The molecule has 1 aromatic carbocycles. The Kier molecular flexibility index (Phi) is 3.53. The van der Waals surface area contributed by atoms with E-state index in [0.29, 0.717) is 12.5 Å². The van der Waals surface area contributed by atoms with Gasteiger partial charge in [-0.25, -0.2) is 4.98 Å². The summed E-state index contributed by atoms with van der Waals surface area (Å²) in [5.74, 6) is 1.84. The summed E-state index contributed by atoms with van der Waals surface area (Å²) < 4.78 is 0. The maximum absolute atomic E-state index is 12.0. The normalized spacial score (nSPS) is 20.3. The molecule has 0 unspecified atom stereocenters. The standard InChI is InChI=1S/C17H21N3O/c1-11-8-14(11)17(21)18-10-12-9-16(20(2)3)19-15-7-5-4-6-13(12)15/h4-7,9,11,14H,8,10H2,1-3H3,(H,18,21)/t11-,14+/m0/s1. The number of anilines is 1. The molecule has 0 aliphatic heterocycles. The predicted molar refractivity (Wildman–Crippen MR) is 85.2 cm³/mol. The number of aromatic nitrogens is 1. The topological polar surface area (TPSA) is 45.2 Å². The number of benzene rings is 1. The van der Waals surface area contributed by atoms with Gasteiger partial charge in [0.15, 0.2) is 0 Å². The van der Waals surface area contributed by atoms with Crippen molar-refractivity contribution in [2.45, 2.75) is 19.9 Å². The molecule has 0 bridgehead atoms. The Morgan fingerprint density at radius 1 is 1.38 bits per heavy atom. The van der Waals surface area contributed by atoms with Crippen molar-refractivity contribution in [3.05, 3.63) is 35.9 Å². The van der Waals surface area contributed by atoms with Gasteiger partial charge in [0.05, 0.1) is 5.52 Å². The van der Waals surface area contributed by atoms with Crippen molar-refractivity contribution in [2.75, 3.05) is 19.0 Å². The zero-order valence-electron chi connectivity index (χ0n) is 12.8. The van der Waals surface area contributed by atoms with Crippen LogP contribution in [-0.4, -0.2) is 25.0 Å². The van der Waals surface area contributed by atoms with Crippen LogP contribution in [0.2, 0.25) is 0 Å². The van der Waals surface area contributed by atoms with Crippen molar-refractivity contribution in [3.63, 3.8) is 0 Å². The van der Waals surface area contributed by atoms with Gasteiger partial charge < -0.3 is 10.2 Å². The highest BCUT2D eigenvalue weighted by Gasteiger charge is 2.38. The minimum atomic E-state index is 0.176. The second-order valence-electron chi connectivity index (χ2n) is 6.09. The Balaban J connectivity index is 1.87. The van der Waals surface area contributed by atoms with Crippen molar-refractivity contribution in [1.29, 1.82) is 0 Å². The maximum atomic E-state index is 12.0. The Labute approximate surface area is 125 Å². The van der Waals surface area contributed by atoms with Gasteiger partial charge in [-0.15, -0.1) is 0 Å². The number of fused-ring (bicyclic) bond motifs is 1. The van der Waals surface area contributed by atoms with Crippen LogP contribution in [0.4, 0.5) is 5.82 Å². The number of nitrogens with zero attached hydrogens (tertiary/aromatic N) is 2. The van der Waals surface area contributed by atoms with E-state index in [1.54, 1.807) is 0 Å². The van der Waals surface area contributed by atoms with E-state index in [-0.39, 0.29) is 11.8 Å². The van der Waals surface area contributed by atoms with Crippen molar-refractivity contribution in [2.24, 2.45) is 11.8 Å². The molecule has 21 heavy (non-hydrogen) atoms. The molecular formula is C17H21N3O. The number of rotatable bonds is 4. The van der Waals surface area contributed by atoms with Gasteiger partial charge in [0, 0.05) is 31.9 Å². The van der Waals surface area contributed by atoms with E-state index in [2.05, 4.69) is 29.4 Å². The van der Waals surface area contributed by atoms with E-state index in [9.17, 15) is 4.79 Å². The number of hydrogen-bond acceptors (Lipinski definition) is 3. The molecule has 1 aromatic heterocycles. The second kappa shape index (κ2) is 5.35. The maximum Gasteiger partial charge on any atom is 0.223 e. The van der Waals surface area contributed by atoms with Crippen LogP contribution in [0.1, 0.15) is 18.9 Å². The molecule has 2 atom stereocenters. The number of carbonyl (C=O) groups excluding carboxylic acids is 1. The Bertz CT molecular complexity index is 681. The number of para-hydroxylation sites is 1. The molecule has 1 heterocycles. The van der Waals surface area contributed by atoms with Gasteiger partial charge in [0.2, 0.25) is 5.91 Å². The van der Waals surface area contributed by atoms with Gasteiger partial charge in [-0.3, -0.25) is 4.79 Å². The number of amides is 1. The second-order valence-corrected chi connectivity index (χ2v) is 6.09. The molecule has 1 amide bonds. The first-order chi connectivity index (χ1) is 10.1. The van der Waals surface area contributed by atoms with E-state index in [0.717, 1.165) is 28.7 Å². The molecule has 3 rings (SSSR count). The molecule has 1 fully saturated rings. The lowest BCUT2D eigenvalue weighted by atomic mass is 10.1. The van der Waals surface area contributed by atoms with Crippen LogP contribution in [-0.2, 0) is 11.3 Å². The molecule has 2 aromatic rings. The largest absolute Gasteiger partial charge is 0.363 e. The van der Waals surface area contributed by atoms with Gasteiger partial charge in [-0.05, 0) is 30.0 Å². The van der Waals surface area contributed by atoms with E-state index < -0.39 is 0 Å². The fourth-order valence-electron chi connectivity index (χ4n) is 2.61. The van der Waals surface area contributed by atoms with Gasteiger partial charge in [0.25, 0.3) is 0 Å². The van der Waals surface area contributed by atoms with Crippen LogP contribution in [0.25, 0.3) is 10.9 Å². The summed E-state index contributed by atoms with van der Waals surface area (Å²) in [7, 11) is 3.96. The van der Waals surface area contributed by atoms with Crippen LogP contribution in [0.3, 0.4) is 0 Å². The highest BCUT2D eigenvalue weighted by Crippen LogP contribution is 2.37. The monoisotopic (exact) mass is 283 g/mol. The molecule has 0 spiro atoms.